The minimum absolute atomic E-state index is 0.0991. The number of halogens is 1. The quantitative estimate of drug-likeness (QED) is 0.338. The first-order valence-electron chi connectivity index (χ1n) is 12.9. The number of hydrogen-bond acceptors (Lipinski definition) is 3. The van der Waals surface area contributed by atoms with Crippen LogP contribution in [0.25, 0.3) is 10.9 Å². The topological polar surface area (TPSA) is 78.1 Å². The summed E-state index contributed by atoms with van der Waals surface area (Å²) in [5, 5.41) is 4.19. The lowest BCUT2D eigenvalue weighted by atomic mass is 9.94. The van der Waals surface area contributed by atoms with Crippen LogP contribution in [0.5, 0.6) is 0 Å². The highest BCUT2D eigenvalue weighted by Gasteiger charge is 2.33. The van der Waals surface area contributed by atoms with Crippen LogP contribution in [-0.2, 0) is 22.6 Å². The Morgan fingerprint density at radius 1 is 1.00 bits per heavy atom. The van der Waals surface area contributed by atoms with Crippen molar-refractivity contribution in [2.75, 3.05) is 0 Å². The first-order chi connectivity index (χ1) is 18.1. The van der Waals surface area contributed by atoms with Crippen molar-refractivity contribution in [3.05, 3.63) is 102 Å². The van der Waals surface area contributed by atoms with E-state index in [1.54, 1.807) is 41.6 Å². The van der Waals surface area contributed by atoms with Gasteiger partial charge in [-0.15, -0.1) is 0 Å². The standard InChI is InChI=1S/C30H31FN4O2/c31-24-12-10-21(11-13-24)20-35(28(36)18-23-19-33-27-9-5-4-8-26(23)27)29(22-14-16-32-17-15-22)30(37)34-25-6-2-1-3-7-25/h4-5,8-17,19,25,29,33H,1-3,6-7,18,20H2,(H,34,37)/t29-/m0/s1. The third-order valence-corrected chi connectivity index (χ3v) is 7.14. The molecule has 0 radical (unpaired) electrons. The molecule has 7 heteroatoms. The fourth-order valence-electron chi connectivity index (χ4n) is 5.20. The highest BCUT2D eigenvalue weighted by atomic mass is 19.1. The number of H-pyrrole nitrogens is 1. The third kappa shape index (κ3) is 5.88. The molecule has 2 amide bonds. The van der Waals surface area contributed by atoms with Gasteiger partial charge in [0.2, 0.25) is 11.8 Å². The van der Waals surface area contributed by atoms with E-state index in [4.69, 9.17) is 0 Å². The molecule has 2 aromatic heterocycles. The fourth-order valence-corrected chi connectivity index (χ4v) is 5.20. The summed E-state index contributed by atoms with van der Waals surface area (Å²) >= 11 is 0. The molecule has 2 N–H and O–H groups in total. The summed E-state index contributed by atoms with van der Waals surface area (Å²) in [6.45, 7) is 0.173. The molecule has 37 heavy (non-hydrogen) atoms. The van der Waals surface area contributed by atoms with Crippen LogP contribution in [0, 0.1) is 5.82 Å². The highest BCUT2D eigenvalue weighted by molar-refractivity contribution is 5.92. The zero-order valence-electron chi connectivity index (χ0n) is 20.7. The van der Waals surface area contributed by atoms with Crippen LogP contribution in [0.3, 0.4) is 0 Å². The molecule has 0 unspecified atom stereocenters. The van der Waals surface area contributed by atoms with Gasteiger partial charge in [0.1, 0.15) is 11.9 Å². The molecule has 5 rings (SSSR count). The van der Waals surface area contributed by atoms with E-state index in [2.05, 4.69) is 15.3 Å². The number of carbonyl (C=O) groups excluding carboxylic acids is 2. The van der Waals surface area contributed by atoms with Gasteiger partial charge in [-0.3, -0.25) is 14.6 Å². The van der Waals surface area contributed by atoms with E-state index in [1.807, 2.05) is 30.5 Å². The van der Waals surface area contributed by atoms with Crippen LogP contribution in [0.15, 0.2) is 79.3 Å². The molecular weight excluding hydrogens is 467 g/mol. The summed E-state index contributed by atoms with van der Waals surface area (Å²) in [7, 11) is 0. The Bertz CT molecular complexity index is 1350. The number of aromatic nitrogens is 2. The summed E-state index contributed by atoms with van der Waals surface area (Å²) in [5.41, 5.74) is 3.26. The number of benzene rings is 2. The van der Waals surface area contributed by atoms with Gasteiger partial charge in [0.15, 0.2) is 0 Å². The van der Waals surface area contributed by atoms with E-state index in [1.165, 1.54) is 18.6 Å². The van der Waals surface area contributed by atoms with Gasteiger partial charge in [-0.25, -0.2) is 4.39 Å². The van der Waals surface area contributed by atoms with E-state index in [9.17, 15) is 14.0 Å². The summed E-state index contributed by atoms with van der Waals surface area (Å²) in [6.07, 6.45) is 10.5. The second-order valence-electron chi connectivity index (χ2n) is 9.71. The molecule has 190 valence electrons. The number of para-hydroxylation sites is 1. The summed E-state index contributed by atoms with van der Waals surface area (Å²) in [5.74, 6) is -0.733. The Labute approximate surface area is 215 Å². The molecule has 1 aliphatic rings. The molecule has 0 spiro atoms. The van der Waals surface area contributed by atoms with Crippen molar-refractivity contribution >= 4 is 22.7 Å². The number of hydrogen-bond donors (Lipinski definition) is 2. The molecule has 0 saturated heterocycles. The largest absolute Gasteiger partial charge is 0.361 e. The molecule has 1 fully saturated rings. The molecule has 1 saturated carbocycles. The maximum atomic E-state index is 14.0. The number of fused-ring (bicyclic) bond motifs is 1. The minimum atomic E-state index is -0.840. The SMILES string of the molecule is O=C(NC1CCCCC1)[C@H](c1ccncc1)N(Cc1ccc(F)cc1)C(=O)Cc1c[nH]c2ccccc12. The van der Waals surface area contributed by atoms with Crippen molar-refractivity contribution in [1.82, 2.24) is 20.2 Å². The van der Waals surface area contributed by atoms with Crippen molar-refractivity contribution in [2.24, 2.45) is 0 Å². The van der Waals surface area contributed by atoms with Crippen LogP contribution in [-0.4, -0.2) is 32.7 Å². The summed E-state index contributed by atoms with van der Waals surface area (Å²) in [6, 6.07) is 16.7. The van der Waals surface area contributed by atoms with Crippen molar-refractivity contribution < 1.29 is 14.0 Å². The lowest BCUT2D eigenvalue weighted by Gasteiger charge is -2.33. The molecule has 0 bridgehead atoms. The zero-order chi connectivity index (χ0) is 25.6. The van der Waals surface area contributed by atoms with Crippen molar-refractivity contribution in [1.29, 1.82) is 0 Å². The average molecular weight is 499 g/mol. The van der Waals surface area contributed by atoms with Crippen molar-refractivity contribution in [3.8, 4) is 0 Å². The molecule has 1 aliphatic carbocycles. The highest BCUT2D eigenvalue weighted by Crippen LogP contribution is 2.27. The van der Waals surface area contributed by atoms with Crippen LogP contribution in [0.2, 0.25) is 0 Å². The predicted octanol–water partition coefficient (Wildman–Crippen LogP) is 5.46. The minimum Gasteiger partial charge on any atom is -0.361 e. The lowest BCUT2D eigenvalue weighted by molar-refractivity contribution is -0.141. The molecule has 2 aromatic carbocycles. The van der Waals surface area contributed by atoms with Gasteiger partial charge >= 0.3 is 0 Å². The fraction of sp³-hybridized carbons (Fsp3) is 0.300. The van der Waals surface area contributed by atoms with Crippen molar-refractivity contribution in [2.45, 2.75) is 57.2 Å². The van der Waals surface area contributed by atoms with Gasteiger partial charge in [0.25, 0.3) is 0 Å². The van der Waals surface area contributed by atoms with E-state index in [0.29, 0.717) is 5.56 Å². The van der Waals surface area contributed by atoms with E-state index in [-0.39, 0.29) is 36.6 Å². The van der Waals surface area contributed by atoms with Gasteiger partial charge in [0, 0.05) is 42.1 Å². The number of nitrogens with one attached hydrogen (secondary N) is 2. The zero-order valence-corrected chi connectivity index (χ0v) is 20.7. The second kappa shape index (κ2) is 11.4. The Kier molecular flexibility index (Phi) is 7.59. The number of carbonyl (C=O) groups is 2. The second-order valence-corrected chi connectivity index (χ2v) is 9.71. The van der Waals surface area contributed by atoms with Crippen LogP contribution >= 0.6 is 0 Å². The van der Waals surface area contributed by atoms with E-state index >= 15 is 0 Å². The van der Waals surface area contributed by atoms with Crippen molar-refractivity contribution in [3.63, 3.8) is 0 Å². The summed E-state index contributed by atoms with van der Waals surface area (Å²) < 4.78 is 13.6. The molecule has 0 aliphatic heterocycles. The van der Waals surface area contributed by atoms with Crippen LogP contribution in [0.1, 0.15) is 54.8 Å². The first kappa shape index (κ1) is 24.7. The molecule has 4 aromatic rings. The van der Waals surface area contributed by atoms with Gasteiger partial charge in [0.05, 0.1) is 6.42 Å². The lowest BCUT2D eigenvalue weighted by Crippen LogP contribution is -2.47. The first-order valence-corrected chi connectivity index (χ1v) is 12.9. The monoisotopic (exact) mass is 498 g/mol. The number of rotatable bonds is 8. The van der Waals surface area contributed by atoms with Gasteiger partial charge < -0.3 is 15.2 Å². The van der Waals surface area contributed by atoms with Crippen LogP contribution in [0.4, 0.5) is 4.39 Å². The maximum Gasteiger partial charge on any atom is 0.247 e. The Balaban J connectivity index is 1.50. The Hall–Kier alpha value is -4.00. The third-order valence-electron chi connectivity index (χ3n) is 7.14. The normalized spacial score (nSPS) is 14.8. The number of pyridine rings is 1. The van der Waals surface area contributed by atoms with Gasteiger partial charge in [-0.05, 0) is 59.9 Å². The number of amides is 2. The van der Waals surface area contributed by atoms with Gasteiger partial charge in [-0.1, -0.05) is 49.6 Å². The number of aromatic amines is 1. The van der Waals surface area contributed by atoms with Gasteiger partial charge in [-0.2, -0.15) is 0 Å². The Morgan fingerprint density at radius 3 is 2.49 bits per heavy atom. The summed E-state index contributed by atoms with van der Waals surface area (Å²) in [4.78, 5) is 36.8. The van der Waals surface area contributed by atoms with E-state index in [0.717, 1.165) is 47.7 Å². The van der Waals surface area contributed by atoms with E-state index < -0.39 is 6.04 Å². The molecule has 1 atom stereocenters. The van der Waals surface area contributed by atoms with Crippen LogP contribution < -0.4 is 5.32 Å². The molecule has 2 heterocycles. The average Bonchev–Trinajstić information content (AvgIpc) is 3.33. The maximum absolute atomic E-state index is 14.0. The smallest absolute Gasteiger partial charge is 0.247 e. The molecule has 6 nitrogen and oxygen atoms in total. The number of nitrogens with zero attached hydrogens (tertiary/aromatic N) is 2. The predicted molar refractivity (Wildman–Crippen MR) is 141 cm³/mol. The Morgan fingerprint density at radius 2 is 1.73 bits per heavy atom. The molecular formula is C30H31FN4O2.